The predicted molar refractivity (Wildman–Crippen MR) is 147 cm³/mol. The number of nitrogens with zero attached hydrogens (tertiary/aromatic N) is 4. The first-order valence-electron chi connectivity index (χ1n) is 12.5. The number of benzene rings is 2. The average molecular weight is 533 g/mol. The number of hydrogen-bond acceptors (Lipinski definition) is 9. The van der Waals surface area contributed by atoms with E-state index in [1.54, 1.807) is 6.07 Å². The molecule has 0 spiro atoms. The summed E-state index contributed by atoms with van der Waals surface area (Å²) in [7, 11) is 0. The number of aromatic nitrogens is 6. The lowest BCUT2D eigenvalue weighted by atomic mass is 10.2. The highest BCUT2D eigenvalue weighted by atomic mass is 32.2. The summed E-state index contributed by atoms with van der Waals surface area (Å²) in [5.41, 5.74) is 2.30. The van der Waals surface area contributed by atoms with Crippen molar-refractivity contribution in [1.29, 1.82) is 0 Å². The van der Waals surface area contributed by atoms with Crippen LogP contribution >= 0.6 is 11.8 Å². The van der Waals surface area contributed by atoms with Crippen molar-refractivity contribution in [3.05, 3.63) is 58.5 Å². The van der Waals surface area contributed by atoms with E-state index < -0.39 is 0 Å². The molecule has 0 saturated carbocycles. The summed E-state index contributed by atoms with van der Waals surface area (Å²) >= 11 is 1.42. The molecule has 1 aliphatic rings. The Morgan fingerprint density at radius 3 is 2.79 bits per heavy atom. The Bertz CT molecular complexity index is 1620. The van der Waals surface area contributed by atoms with E-state index in [9.17, 15) is 4.79 Å². The minimum atomic E-state index is -0.142. The van der Waals surface area contributed by atoms with Crippen molar-refractivity contribution in [1.82, 2.24) is 35.3 Å². The molecule has 5 aromatic rings. The maximum absolute atomic E-state index is 11.9. The van der Waals surface area contributed by atoms with Gasteiger partial charge in [-0.05, 0) is 55.4 Å². The number of ether oxygens (including phenoxy) is 2. The summed E-state index contributed by atoms with van der Waals surface area (Å²) in [6, 6.07) is 13.4. The summed E-state index contributed by atoms with van der Waals surface area (Å²) in [6.45, 7) is 7.13. The Kier molecular flexibility index (Phi) is 6.99. The molecular formula is C26H28N8O3S. The standard InChI is InChI=1S/C26H28N8O3S/c1-16-13-23(32-30-16)28-24-19-5-3-17(37-10-2-7-34-8-11-36-12-9-34)14-21(19)27-26(29-24)38-18-4-6-20-22(15-18)31-33-25(20)35/h3-6,13-15H,2,7-12H2,1H3,(H2,31,33,35)(H2,27,28,29,30,32). The first-order chi connectivity index (χ1) is 18.6. The van der Waals surface area contributed by atoms with Crippen LogP contribution < -0.4 is 15.6 Å². The van der Waals surface area contributed by atoms with Gasteiger partial charge in [0.05, 0.1) is 36.2 Å². The Hall–Kier alpha value is -3.87. The number of H-pyrrole nitrogens is 3. The molecule has 11 nitrogen and oxygen atoms in total. The van der Waals surface area contributed by atoms with E-state index in [0.29, 0.717) is 28.8 Å². The van der Waals surface area contributed by atoms with Crippen LogP contribution in [-0.2, 0) is 4.74 Å². The molecule has 0 amide bonds. The van der Waals surface area contributed by atoms with Gasteiger partial charge in [0.15, 0.2) is 11.0 Å². The number of aryl methyl sites for hydroxylation is 1. The maximum Gasteiger partial charge on any atom is 0.271 e. The van der Waals surface area contributed by atoms with Gasteiger partial charge in [0.1, 0.15) is 11.6 Å². The van der Waals surface area contributed by atoms with Gasteiger partial charge >= 0.3 is 0 Å². The van der Waals surface area contributed by atoms with E-state index >= 15 is 0 Å². The summed E-state index contributed by atoms with van der Waals surface area (Å²) < 4.78 is 11.5. The lowest BCUT2D eigenvalue weighted by molar-refractivity contribution is 0.0358. The molecule has 4 heterocycles. The van der Waals surface area contributed by atoms with Gasteiger partial charge in [-0.1, -0.05) is 0 Å². The van der Waals surface area contributed by atoms with Gasteiger partial charge in [0, 0.05) is 47.7 Å². The van der Waals surface area contributed by atoms with Gasteiger partial charge in [0.25, 0.3) is 5.56 Å². The van der Waals surface area contributed by atoms with Gasteiger partial charge < -0.3 is 14.8 Å². The third-order valence-corrected chi connectivity index (χ3v) is 7.20. The van der Waals surface area contributed by atoms with E-state index in [0.717, 1.165) is 72.0 Å². The number of morpholine rings is 1. The van der Waals surface area contributed by atoms with Crippen LogP contribution in [0.25, 0.3) is 21.8 Å². The van der Waals surface area contributed by atoms with Gasteiger partial charge in [-0.25, -0.2) is 9.97 Å². The van der Waals surface area contributed by atoms with Crippen molar-refractivity contribution < 1.29 is 9.47 Å². The molecule has 4 N–H and O–H groups in total. The van der Waals surface area contributed by atoms with Gasteiger partial charge in [-0.15, -0.1) is 0 Å². The molecule has 0 atom stereocenters. The molecule has 1 aliphatic heterocycles. The molecular weight excluding hydrogens is 504 g/mol. The minimum absolute atomic E-state index is 0.142. The SMILES string of the molecule is Cc1cc(Nc2nc(Sc3ccc4c(=O)[nH][nH]c4c3)nc3cc(OCCCN4CCOCC4)ccc23)n[nH]1. The van der Waals surface area contributed by atoms with Crippen LogP contribution in [0.1, 0.15) is 12.1 Å². The van der Waals surface area contributed by atoms with Crippen LogP contribution in [0.3, 0.4) is 0 Å². The second-order valence-corrected chi connectivity index (χ2v) is 10.2. The van der Waals surface area contributed by atoms with Crippen molar-refractivity contribution in [2.24, 2.45) is 0 Å². The van der Waals surface area contributed by atoms with E-state index in [1.807, 2.05) is 43.3 Å². The summed E-state index contributed by atoms with van der Waals surface area (Å²) in [5.74, 6) is 2.09. The van der Waals surface area contributed by atoms with Gasteiger partial charge in [-0.2, -0.15) is 5.10 Å². The molecule has 0 bridgehead atoms. The van der Waals surface area contributed by atoms with Crippen molar-refractivity contribution >= 4 is 45.2 Å². The fourth-order valence-electron chi connectivity index (χ4n) is 4.41. The molecule has 6 rings (SSSR count). The van der Waals surface area contributed by atoms with Crippen molar-refractivity contribution in [3.63, 3.8) is 0 Å². The highest BCUT2D eigenvalue weighted by molar-refractivity contribution is 7.99. The molecule has 3 aromatic heterocycles. The maximum atomic E-state index is 11.9. The summed E-state index contributed by atoms with van der Waals surface area (Å²) in [4.78, 5) is 24.8. The Morgan fingerprint density at radius 2 is 1.95 bits per heavy atom. The van der Waals surface area contributed by atoms with Crippen molar-refractivity contribution in [2.45, 2.75) is 23.4 Å². The minimum Gasteiger partial charge on any atom is -0.493 e. The monoisotopic (exact) mass is 532 g/mol. The second-order valence-electron chi connectivity index (χ2n) is 9.14. The van der Waals surface area contributed by atoms with Crippen LogP contribution in [0.2, 0.25) is 0 Å². The summed E-state index contributed by atoms with van der Waals surface area (Å²) in [6.07, 6.45) is 0.942. The molecule has 0 aliphatic carbocycles. The molecule has 0 radical (unpaired) electrons. The molecule has 1 saturated heterocycles. The lowest BCUT2D eigenvalue weighted by Gasteiger charge is -2.26. The molecule has 38 heavy (non-hydrogen) atoms. The zero-order chi connectivity index (χ0) is 25.9. The quantitative estimate of drug-likeness (QED) is 0.165. The molecule has 2 aromatic carbocycles. The largest absolute Gasteiger partial charge is 0.493 e. The van der Waals surface area contributed by atoms with E-state index in [2.05, 4.69) is 30.6 Å². The molecule has 12 heteroatoms. The first-order valence-corrected chi connectivity index (χ1v) is 13.3. The van der Waals surface area contributed by atoms with Gasteiger partial charge in [0.2, 0.25) is 0 Å². The average Bonchev–Trinajstić information content (AvgIpc) is 3.51. The Labute approximate surface area is 222 Å². The predicted octanol–water partition coefficient (Wildman–Crippen LogP) is 3.83. The van der Waals surface area contributed by atoms with Crippen molar-refractivity contribution in [2.75, 3.05) is 44.8 Å². The van der Waals surface area contributed by atoms with Crippen LogP contribution in [-0.4, -0.2) is 74.7 Å². The molecule has 196 valence electrons. The highest BCUT2D eigenvalue weighted by Gasteiger charge is 2.14. The smallest absolute Gasteiger partial charge is 0.271 e. The number of fused-ring (bicyclic) bond motifs is 2. The number of hydrogen-bond donors (Lipinski definition) is 4. The zero-order valence-corrected chi connectivity index (χ0v) is 21.7. The number of aromatic amines is 3. The highest BCUT2D eigenvalue weighted by Crippen LogP contribution is 2.32. The van der Waals surface area contributed by atoms with Crippen LogP contribution in [0.5, 0.6) is 5.75 Å². The zero-order valence-electron chi connectivity index (χ0n) is 20.9. The summed E-state index contributed by atoms with van der Waals surface area (Å²) in [5, 5.41) is 18.1. The number of nitrogens with one attached hydrogen (secondary N) is 4. The van der Waals surface area contributed by atoms with E-state index in [-0.39, 0.29) is 5.56 Å². The van der Waals surface area contributed by atoms with Gasteiger partial charge in [-0.3, -0.25) is 25.0 Å². The molecule has 0 unspecified atom stereocenters. The van der Waals surface area contributed by atoms with Crippen molar-refractivity contribution in [3.8, 4) is 5.75 Å². The Balaban J connectivity index is 1.25. The van der Waals surface area contributed by atoms with Crippen LogP contribution in [0.4, 0.5) is 11.6 Å². The third-order valence-electron chi connectivity index (χ3n) is 6.35. The van der Waals surface area contributed by atoms with E-state index in [1.165, 1.54) is 11.8 Å². The number of anilines is 2. The third kappa shape index (κ3) is 5.52. The number of rotatable bonds is 9. The molecule has 1 fully saturated rings. The van der Waals surface area contributed by atoms with Crippen LogP contribution in [0, 0.1) is 6.92 Å². The fraction of sp³-hybridized carbons (Fsp3) is 0.308. The fourth-order valence-corrected chi connectivity index (χ4v) is 5.21. The second kappa shape index (κ2) is 10.9. The first kappa shape index (κ1) is 24.5. The van der Waals surface area contributed by atoms with Crippen LogP contribution in [0.15, 0.2) is 57.3 Å². The lowest BCUT2D eigenvalue weighted by Crippen LogP contribution is -2.37. The Morgan fingerprint density at radius 1 is 1.08 bits per heavy atom. The van der Waals surface area contributed by atoms with E-state index in [4.69, 9.17) is 19.4 Å². The topological polar surface area (TPSA) is 137 Å². The normalized spacial score (nSPS) is 14.3.